The first-order valence-corrected chi connectivity index (χ1v) is 6.90. The van der Waals surface area contributed by atoms with Gasteiger partial charge in [-0.15, -0.1) is 11.3 Å². The molecular formula is C12H13N3O3S. The number of rotatable bonds is 2. The van der Waals surface area contributed by atoms with Crippen LogP contribution >= 0.6 is 11.3 Å². The van der Waals surface area contributed by atoms with Gasteiger partial charge in [-0.05, 0) is 25.3 Å². The first kappa shape index (κ1) is 12.2. The van der Waals surface area contributed by atoms with Crippen molar-refractivity contribution in [2.45, 2.75) is 19.8 Å². The third-order valence-electron chi connectivity index (χ3n) is 3.42. The molecule has 0 amide bonds. The number of thiophene rings is 1. The number of hydrogen-bond acceptors (Lipinski definition) is 5. The van der Waals surface area contributed by atoms with E-state index in [9.17, 15) is 9.59 Å². The molecule has 0 bridgehead atoms. The highest BCUT2D eigenvalue weighted by Gasteiger charge is 2.21. The topological polar surface area (TPSA) is 75.4 Å². The Morgan fingerprint density at radius 1 is 1.42 bits per heavy atom. The van der Waals surface area contributed by atoms with E-state index in [-0.39, 0.29) is 10.4 Å². The molecule has 3 heterocycles. The van der Waals surface area contributed by atoms with Crippen LogP contribution in [0.15, 0.2) is 11.1 Å². The minimum absolute atomic E-state index is 0.173. The van der Waals surface area contributed by atoms with Crippen LogP contribution in [0.2, 0.25) is 0 Å². The fourth-order valence-corrected chi connectivity index (χ4v) is 3.41. The number of aromatic nitrogens is 2. The van der Waals surface area contributed by atoms with E-state index in [0.29, 0.717) is 15.8 Å². The van der Waals surface area contributed by atoms with Crippen LogP contribution in [0, 0.1) is 6.92 Å². The first-order chi connectivity index (χ1) is 9.09. The van der Waals surface area contributed by atoms with E-state index in [4.69, 9.17) is 5.11 Å². The third-order valence-corrected chi connectivity index (χ3v) is 4.60. The second-order valence-electron chi connectivity index (χ2n) is 4.60. The fraction of sp³-hybridized carbons (Fsp3) is 0.417. The summed E-state index contributed by atoms with van der Waals surface area (Å²) < 4.78 is 1.51. The number of nitrogens with zero attached hydrogens (tertiary/aromatic N) is 3. The Labute approximate surface area is 112 Å². The van der Waals surface area contributed by atoms with Crippen molar-refractivity contribution in [2.24, 2.45) is 0 Å². The van der Waals surface area contributed by atoms with Crippen LogP contribution in [0.4, 0.5) is 0 Å². The standard InChI is InChI=1S/C12H13N3O3S/c1-7-8-10(19-9(7)12(17)18)13-6-15(11(8)16)14-4-2-3-5-14/h6H,2-5H2,1H3,(H,17,18). The normalized spacial score (nSPS) is 15.3. The molecule has 1 fully saturated rings. The molecule has 2 aromatic heterocycles. The maximum atomic E-state index is 12.5. The summed E-state index contributed by atoms with van der Waals surface area (Å²) in [5, 5.41) is 11.5. The van der Waals surface area contributed by atoms with Crippen molar-refractivity contribution >= 4 is 27.5 Å². The highest BCUT2D eigenvalue weighted by molar-refractivity contribution is 7.20. The Hall–Kier alpha value is -1.89. The Morgan fingerprint density at radius 3 is 2.74 bits per heavy atom. The van der Waals surface area contributed by atoms with Crippen molar-refractivity contribution < 1.29 is 9.90 Å². The molecule has 6 nitrogen and oxygen atoms in total. The summed E-state index contributed by atoms with van der Waals surface area (Å²) in [6.07, 6.45) is 3.62. The molecule has 0 atom stereocenters. The summed E-state index contributed by atoms with van der Waals surface area (Å²) >= 11 is 1.05. The van der Waals surface area contributed by atoms with Crippen LogP contribution in [-0.2, 0) is 0 Å². The number of carbonyl (C=O) groups is 1. The minimum atomic E-state index is -1.01. The van der Waals surface area contributed by atoms with Gasteiger partial charge in [0.1, 0.15) is 16.0 Å². The number of fused-ring (bicyclic) bond motifs is 1. The summed E-state index contributed by atoms with van der Waals surface area (Å²) in [5.41, 5.74) is 0.340. The predicted molar refractivity (Wildman–Crippen MR) is 72.8 cm³/mol. The lowest BCUT2D eigenvalue weighted by atomic mass is 10.2. The number of carboxylic acids is 1. The summed E-state index contributed by atoms with van der Waals surface area (Å²) in [6.45, 7) is 3.34. The zero-order valence-corrected chi connectivity index (χ0v) is 11.2. The molecule has 3 rings (SSSR count). The molecule has 100 valence electrons. The molecule has 0 saturated carbocycles. The highest BCUT2D eigenvalue weighted by atomic mass is 32.1. The number of hydrogen-bond donors (Lipinski definition) is 1. The lowest BCUT2D eigenvalue weighted by molar-refractivity contribution is 0.0701. The van der Waals surface area contributed by atoms with Gasteiger partial charge >= 0.3 is 5.97 Å². The molecule has 1 saturated heterocycles. The van der Waals surface area contributed by atoms with E-state index in [1.807, 2.05) is 5.01 Å². The summed E-state index contributed by atoms with van der Waals surface area (Å²) in [7, 11) is 0. The van der Waals surface area contributed by atoms with Gasteiger partial charge in [-0.3, -0.25) is 4.79 Å². The van der Waals surface area contributed by atoms with Gasteiger partial charge < -0.3 is 10.1 Å². The highest BCUT2D eigenvalue weighted by Crippen LogP contribution is 2.26. The Kier molecular flexibility index (Phi) is 2.78. The quantitative estimate of drug-likeness (QED) is 0.894. The van der Waals surface area contributed by atoms with Gasteiger partial charge in [0.15, 0.2) is 0 Å². The lowest BCUT2D eigenvalue weighted by Crippen LogP contribution is -2.40. The average molecular weight is 279 g/mol. The van der Waals surface area contributed by atoms with Crippen LogP contribution in [0.25, 0.3) is 10.2 Å². The Bertz CT molecular complexity index is 713. The lowest BCUT2D eigenvalue weighted by Gasteiger charge is -2.19. The zero-order chi connectivity index (χ0) is 13.6. The van der Waals surface area contributed by atoms with Crippen LogP contribution in [0.5, 0.6) is 0 Å². The van der Waals surface area contributed by atoms with Crippen LogP contribution < -0.4 is 10.6 Å². The molecule has 0 aromatic carbocycles. The minimum Gasteiger partial charge on any atom is -0.477 e. The summed E-state index contributed by atoms with van der Waals surface area (Å²) in [4.78, 5) is 28.5. The van der Waals surface area contributed by atoms with E-state index >= 15 is 0 Å². The van der Waals surface area contributed by atoms with E-state index in [2.05, 4.69) is 4.98 Å². The van der Waals surface area contributed by atoms with Crippen LogP contribution in [-0.4, -0.2) is 33.8 Å². The number of aryl methyl sites for hydroxylation is 1. The van der Waals surface area contributed by atoms with Gasteiger partial charge in [0.25, 0.3) is 5.56 Å². The largest absolute Gasteiger partial charge is 0.477 e. The van der Waals surface area contributed by atoms with Crippen LogP contribution in [0.3, 0.4) is 0 Å². The summed E-state index contributed by atoms with van der Waals surface area (Å²) in [5.74, 6) is -1.01. The third kappa shape index (κ3) is 1.81. The maximum absolute atomic E-state index is 12.5. The van der Waals surface area contributed by atoms with E-state index in [0.717, 1.165) is 37.3 Å². The predicted octanol–water partition coefficient (Wildman–Crippen LogP) is 1.20. The average Bonchev–Trinajstić information content (AvgIpc) is 2.98. The van der Waals surface area contributed by atoms with Gasteiger partial charge in [-0.25, -0.2) is 14.5 Å². The Morgan fingerprint density at radius 2 is 2.11 bits per heavy atom. The smallest absolute Gasteiger partial charge is 0.346 e. The van der Waals surface area contributed by atoms with Gasteiger partial charge in [-0.2, -0.15) is 0 Å². The van der Waals surface area contributed by atoms with Gasteiger partial charge in [0.2, 0.25) is 0 Å². The molecule has 19 heavy (non-hydrogen) atoms. The fourth-order valence-electron chi connectivity index (χ4n) is 2.44. The molecule has 0 aliphatic carbocycles. The molecular weight excluding hydrogens is 266 g/mol. The van der Waals surface area contributed by atoms with Gasteiger partial charge in [0, 0.05) is 13.1 Å². The van der Waals surface area contributed by atoms with E-state index < -0.39 is 5.97 Å². The van der Waals surface area contributed by atoms with Gasteiger partial charge in [-0.1, -0.05) is 0 Å². The molecule has 0 unspecified atom stereocenters. The van der Waals surface area contributed by atoms with E-state index in [1.54, 1.807) is 6.92 Å². The van der Waals surface area contributed by atoms with Crippen molar-refractivity contribution in [1.82, 2.24) is 9.66 Å². The molecule has 1 aliphatic rings. The Balaban J connectivity index is 2.23. The van der Waals surface area contributed by atoms with Crippen molar-refractivity contribution in [2.75, 3.05) is 18.1 Å². The SMILES string of the molecule is Cc1c(C(=O)O)sc2ncn(N3CCCC3)c(=O)c12. The van der Waals surface area contributed by atoms with Crippen molar-refractivity contribution in [3.05, 3.63) is 27.1 Å². The number of carboxylic acid groups (broad SMARTS) is 1. The maximum Gasteiger partial charge on any atom is 0.346 e. The second kappa shape index (κ2) is 4.34. The van der Waals surface area contributed by atoms with Crippen molar-refractivity contribution in [3.63, 3.8) is 0 Å². The number of aromatic carboxylic acids is 1. The van der Waals surface area contributed by atoms with E-state index in [1.165, 1.54) is 11.0 Å². The monoisotopic (exact) mass is 279 g/mol. The van der Waals surface area contributed by atoms with Crippen molar-refractivity contribution in [1.29, 1.82) is 0 Å². The molecule has 7 heteroatoms. The molecule has 1 aliphatic heterocycles. The van der Waals surface area contributed by atoms with Gasteiger partial charge in [0.05, 0.1) is 5.39 Å². The van der Waals surface area contributed by atoms with Crippen molar-refractivity contribution in [3.8, 4) is 0 Å². The molecule has 0 spiro atoms. The summed E-state index contributed by atoms with van der Waals surface area (Å²) in [6, 6.07) is 0. The molecule has 2 aromatic rings. The second-order valence-corrected chi connectivity index (χ2v) is 5.60. The van der Waals surface area contributed by atoms with Crippen LogP contribution in [0.1, 0.15) is 28.1 Å². The zero-order valence-electron chi connectivity index (χ0n) is 10.4. The first-order valence-electron chi connectivity index (χ1n) is 6.09. The molecule has 0 radical (unpaired) electrons. The molecule has 1 N–H and O–H groups in total.